The Morgan fingerprint density at radius 3 is 2.73 bits per heavy atom. The van der Waals surface area contributed by atoms with Crippen LogP contribution in [-0.2, 0) is 11.3 Å². The van der Waals surface area contributed by atoms with Crippen molar-refractivity contribution in [1.82, 2.24) is 14.5 Å². The first-order valence-electron chi connectivity index (χ1n) is 10.1. The summed E-state index contributed by atoms with van der Waals surface area (Å²) in [5, 5.41) is 4.25. The maximum Gasteiger partial charge on any atom is 0.263 e. The summed E-state index contributed by atoms with van der Waals surface area (Å²) in [6, 6.07) is 16.2. The Labute approximate surface area is 199 Å². The molecule has 2 aromatic carbocycles. The molecule has 7 nitrogen and oxygen atoms in total. The fourth-order valence-electron chi connectivity index (χ4n) is 3.24. The van der Waals surface area contributed by atoms with E-state index in [-0.39, 0.29) is 17.2 Å². The van der Waals surface area contributed by atoms with Crippen molar-refractivity contribution in [2.45, 2.75) is 18.6 Å². The number of thioether (sulfide) groups is 1. The van der Waals surface area contributed by atoms with E-state index in [4.69, 9.17) is 16.3 Å². The van der Waals surface area contributed by atoms with Crippen LogP contribution < -0.4 is 15.6 Å². The monoisotopic (exact) mass is 480 g/mol. The number of hydrogen-bond acceptors (Lipinski definition) is 6. The van der Waals surface area contributed by atoms with Crippen molar-refractivity contribution in [3.8, 4) is 5.75 Å². The van der Waals surface area contributed by atoms with Crippen molar-refractivity contribution in [2.24, 2.45) is 0 Å². The first-order valence-corrected chi connectivity index (χ1v) is 11.5. The third kappa shape index (κ3) is 5.35. The average molecular weight is 481 g/mol. The number of ether oxygens (including phenoxy) is 1. The summed E-state index contributed by atoms with van der Waals surface area (Å²) in [6.45, 7) is 2.19. The van der Waals surface area contributed by atoms with Crippen LogP contribution in [0.4, 0.5) is 5.69 Å². The zero-order chi connectivity index (χ0) is 23.4. The molecule has 0 saturated carbocycles. The molecule has 0 saturated heterocycles. The molecule has 1 N–H and O–H groups in total. The number of benzene rings is 2. The third-order valence-corrected chi connectivity index (χ3v) is 6.21. The fraction of sp³-hybridized carbons (Fsp3) is 0.167. The van der Waals surface area contributed by atoms with Gasteiger partial charge in [-0.05, 0) is 54.4 Å². The van der Waals surface area contributed by atoms with Crippen LogP contribution in [0.25, 0.3) is 11.0 Å². The zero-order valence-electron chi connectivity index (χ0n) is 18.0. The molecule has 4 aromatic rings. The Morgan fingerprint density at radius 1 is 1.18 bits per heavy atom. The van der Waals surface area contributed by atoms with Crippen molar-refractivity contribution in [1.29, 1.82) is 0 Å². The second-order valence-corrected chi connectivity index (χ2v) is 8.68. The summed E-state index contributed by atoms with van der Waals surface area (Å²) in [5.74, 6) is 0.575. The van der Waals surface area contributed by atoms with E-state index in [1.54, 1.807) is 42.1 Å². The van der Waals surface area contributed by atoms with Gasteiger partial charge in [0.2, 0.25) is 5.91 Å². The van der Waals surface area contributed by atoms with Gasteiger partial charge in [0.25, 0.3) is 5.56 Å². The molecule has 0 unspecified atom stereocenters. The highest BCUT2D eigenvalue weighted by Crippen LogP contribution is 2.22. The maximum atomic E-state index is 13.2. The van der Waals surface area contributed by atoms with Crippen LogP contribution in [0, 0.1) is 6.92 Å². The van der Waals surface area contributed by atoms with Gasteiger partial charge in [-0.25, -0.2) is 9.97 Å². The minimum atomic E-state index is -0.225. The van der Waals surface area contributed by atoms with E-state index in [2.05, 4.69) is 15.3 Å². The van der Waals surface area contributed by atoms with E-state index >= 15 is 0 Å². The lowest BCUT2D eigenvalue weighted by Gasteiger charge is -2.13. The zero-order valence-corrected chi connectivity index (χ0v) is 19.6. The molecule has 0 radical (unpaired) electrons. The Morgan fingerprint density at radius 2 is 1.97 bits per heavy atom. The number of anilines is 1. The third-order valence-electron chi connectivity index (χ3n) is 5.00. The predicted octanol–water partition coefficient (Wildman–Crippen LogP) is 4.54. The van der Waals surface area contributed by atoms with Crippen molar-refractivity contribution in [3.05, 3.63) is 87.3 Å². The molecular weight excluding hydrogens is 460 g/mol. The largest absolute Gasteiger partial charge is 0.497 e. The van der Waals surface area contributed by atoms with Gasteiger partial charge >= 0.3 is 0 Å². The second kappa shape index (κ2) is 10.1. The van der Waals surface area contributed by atoms with Crippen LogP contribution in [-0.4, -0.2) is 33.3 Å². The van der Waals surface area contributed by atoms with Gasteiger partial charge in [-0.3, -0.25) is 14.2 Å². The number of carbonyl (C=O) groups is 1. The summed E-state index contributed by atoms with van der Waals surface area (Å²) in [5.41, 5.74) is 2.60. The van der Waals surface area contributed by atoms with Gasteiger partial charge in [0.15, 0.2) is 10.8 Å². The number of pyridine rings is 1. The number of aromatic nitrogens is 3. The first kappa shape index (κ1) is 22.8. The first-order chi connectivity index (χ1) is 15.9. The summed E-state index contributed by atoms with van der Waals surface area (Å²) in [4.78, 5) is 34.6. The number of carbonyl (C=O) groups excluding carboxylic acids is 1. The normalized spacial score (nSPS) is 10.9. The second-order valence-electron chi connectivity index (χ2n) is 7.30. The van der Waals surface area contributed by atoms with Crippen LogP contribution in [0.3, 0.4) is 0 Å². The summed E-state index contributed by atoms with van der Waals surface area (Å²) < 4.78 is 6.77. The Bertz CT molecular complexity index is 1370. The number of halogens is 1. The van der Waals surface area contributed by atoms with E-state index in [0.717, 1.165) is 16.9 Å². The minimum Gasteiger partial charge on any atom is -0.497 e. The van der Waals surface area contributed by atoms with Crippen LogP contribution in [0.5, 0.6) is 5.75 Å². The molecule has 1 amide bonds. The topological polar surface area (TPSA) is 86.1 Å². The molecule has 0 spiro atoms. The van der Waals surface area contributed by atoms with Crippen LogP contribution in [0.1, 0.15) is 11.1 Å². The number of rotatable bonds is 7. The van der Waals surface area contributed by atoms with E-state index in [1.807, 2.05) is 37.3 Å². The highest BCUT2D eigenvalue weighted by Gasteiger charge is 2.15. The van der Waals surface area contributed by atoms with Crippen molar-refractivity contribution >= 4 is 46.0 Å². The van der Waals surface area contributed by atoms with Gasteiger partial charge in [0, 0.05) is 16.9 Å². The molecule has 4 rings (SSSR count). The van der Waals surface area contributed by atoms with Gasteiger partial charge in [0.05, 0.1) is 24.8 Å². The van der Waals surface area contributed by atoms with Crippen molar-refractivity contribution in [3.63, 3.8) is 0 Å². The lowest BCUT2D eigenvalue weighted by molar-refractivity contribution is -0.113. The number of fused-ring (bicyclic) bond motifs is 1. The number of nitrogens with one attached hydrogen (secondary N) is 1. The molecule has 0 aliphatic rings. The molecule has 2 heterocycles. The summed E-state index contributed by atoms with van der Waals surface area (Å²) >= 11 is 7.23. The molecule has 0 fully saturated rings. The average Bonchev–Trinajstić information content (AvgIpc) is 2.82. The molecule has 0 bridgehead atoms. The van der Waals surface area contributed by atoms with E-state index < -0.39 is 0 Å². The summed E-state index contributed by atoms with van der Waals surface area (Å²) in [6.07, 6.45) is 1.59. The number of nitrogens with zero attached hydrogens (tertiary/aromatic N) is 3. The molecule has 0 aliphatic carbocycles. The maximum absolute atomic E-state index is 13.2. The lowest BCUT2D eigenvalue weighted by atomic mass is 10.2. The van der Waals surface area contributed by atoms with Crippen LogP contribution in [0.2, 0.25) is 5.02 Å². The molecule has 33 heavy (non-hydrogen) atoms. The number of amides is 1. The number of hydrogen-bond donors (Lipinski definition) is 1. The van der Waals surface area contributed by atoms with E-state index in [9.17, 15) is 9.59 Å². The van der Waals surface area contributed by atoms with Gasteiger partial charge in [-0.15, -0.1) is 0 Å². The number of aryl methyl sites for hydroxylation is 1. The van der Waals surface area contributed by atoms with Gasteiger partial charge in [-0.1, -0.05) is 41.6 Å². The van der Waals surface area contributed by atoms with Gasteiger partial charge in [0.1, 0.15) is 5.75 Å². The molecule has 168 valence electrons. The summed E-state index contributed by atoms with van der Waals surface area (Å²) in [7, 11) is 1.60. The molecule has 0 atom stereocenters. The highest BCUT2D eigenvalue weighted by molar-refractivity contribution is 7.99. The quantitative estimate of drug-likeness (QED) is 0.308. The van der Waals surface area contributed by atoms with E-state index in [1.165, 1.54) is 11.8 Å². The Balaban J connectivity index is 1.61. The molecule has 2 aromatic heterocycles. The Hall–Kier alpha value is -3.36. The van der Waals surface area contributed by atoms with Crippen molar-refractivity contribution in [2.75, 3.05) is 18.2 Å². The molecular formula is C24H21ClN4O3S. The lowest BCUT2D eigenvalue weighted by Crippen LogP contribution is -2.25. The smallest absolute Gasteiger partial charge is 0.263 e. The van der Waals surface area contributed by atoms with Gasteiger partial charge < -0.3 is 10.1 Å². The van der Waals surface area contributed by atoms with Crippen LogP contribution >= 0.6 is 23.4 Å². The standard InChI is InChI=1S/C24H21ClN4O3S/c1-15-5-8-17(25)12-20(15)27-21(30)14-33-24-28-22-19(4-3-11-26-22)23(31)29(24)13-16-6-9-18(32-2)10-7-16/h3-12H,13-14H2,1-2H3,(H,27,30). The van der Waals surface area contributed by atoms with Gasteiger partial charge in [-0.2, -0.15) is 0 Å². The molecule has 9 heteroatoms. The predicted molar refractivity (Wildman–Crippen MR) is 131 cm³/mol. The SMILES string of the molecule is COc1ccc(Cn2c(SCC(=O)Nc3cc(Cl)ccc3C)nc3ncccc3c2=O)cc1. The highest BCUT2D eigenvalue weighted by atomic mass is 35.5. The van der Waals surface area contributed by atoms with Crippen molar-refractivity contribution < 1.29 is 9.53 Å². The number of methoxy groups -OCH3 is 1. The van der Waals surface area contributed by atoms with Crippen LogP contribution in [0.15, 0.2) is 70.7 Å². The van der Waals surface area contributed by atoms with E-state index in [0.29, 0.717) is 33.4 Å². The minimum absolute atomic E-state index is 0.0688. The molecule has 0 aliphatic heterocycles. The fourth-order valence-corrected chi connectivity index (χ4v) is 4.20. The Kier molecular flexibility index (Phi) is 6.96.